The Balaban J connectivity index is 1.96. The number of sulfonamides is 1. The maximum absolute atomic E-state index is 14.1. The molecular weight excluding hydrogens is 415 g/mol. The number of methoxy groups -OCH3 is 1. The van der Waals surface area contributed by atoms with Crippen molar-refractivity contribution in [3.8, 4) is 5.75 Å². The van der Waals surface area contributed by atoms with Crippen LogP contribution in [0.5, 0.6) is 5.75 Å². The van der Waals surface area contributed by atoms with Crippen LogP contribution in [-0.4, -0.2) is 28.0 Å². The molecule has 0 spiro atoms. The molecule has 3 rings (SSSR count). The van der Waals surface area contributed by atoms with Crippen LogP contribution in [0.2, 0.25) is 0 Å². The summed E-state index contributed by atoms with van der Waals surface area (Å²) in [5.74, 6) is -0.982. The molecule has 0 bridgehead atoms. The lowest BCUT2D eigenvalue weighted by atomic mass is 10.2. The summed E-state index contributed by atoms with van der Waals surface area (Å²) in [6, 6.07) is 13.9. The van der Waals surface area contributed by atoms with Gasteiger partial charge in [0.05, 0.1) is 18.5 Å². The minimum atomic E-state index is -4.03. The number of rotatable bonds is 7. The molecule has 0 saturated carbocycles. The van der Waals surface area contributed by atoms with E-state index in [-0.39, 0.29) is 15.6 Å². The summed E-state index contributed by atoms with van der Waals surface area (Å²) in [6.07, 6.45) is 0. The lowest BCUT2D eigenvalue weighted by Gasteiger charge is -2.25. The lowest BCUT2D eigenvalue weighted by molar-refractivity contribution is -0.114. The number of ether oxygens (including phenoxy) is 1. The quantitative estimate of drug-likeness (QED) is 0.609. The summed E-state index contributed by atoms with van der Waals surface area (Å²) >= 11 is 1.04. The number of para-hydroxylation sites is 2. The highest BCUT2D eigenvalue weighted by atomic mass is 32.2. The summed E-state index contributed by atoms with van der Waals surface area (Å²) in [4.78, 5) is 12.6. The number of thiophene rings is 1. The average Bonchev–Trinajstić information content (AvgIpc) is 3.24. The van der Waals surface area contributed by atoms with Crippen molar-refractivity contribution in [2.24, 2.45) is 0 Å². The molecule has 1 N–H and O–H groups in total. The minimum absolute atomic E-state index is 0.0194. The molecule has 29 heavy (non-hydrogen) atoms. The molecule has 0 fully saturated rings. The van der Waals surface area contributed by atoms with Gasteiger partial charge in [-0.3, -0.25) is 9.10 Å². The Morgan fingerprint density at radius 2 is 1.93 bits per heavy atom. The van der Waals surface area contributed by atoms with Crippen LogP contribution in [0.25, 0.3) is 0 Å². The first kappa shape index (κ1) is 20.8. The number of carbonyl (C=O) groups excluding carboxylic acids is 1. The van der Waals surface area contributed by atoms with Crippen molar-refractivity contribution in [1.29, 1.82) is 0 Å². The number of hydrogen-bond donors (Lipinski definition) is 1. The largest absolute Gasteiger partial charge is 0.495 e. The maximum Gasteiger partial charge on any atom is 0.274 e. The van der Waals surface area contributed by atoms with E-state index in [1.807, 2.05) is 0 Å². The molecule has 1 aromatic heterocycles. The predicted molar refractivity (Wildman–Crippen MR) is 112 cm³/mol. The molecular formula is C20H19FN2O4S2. The van der Waals surface area contributed by atoms with Gasteiger partial charge in [-0.25, -0.2) is 12.8 Å². The fourth-order valence-corrected chi connectivity index (χ4v) is 5.23. The summed E-state index contributed by atoms with van der Waals surface area (Å²) < 4.78 is 46.8. The first-order valence-electron chi connectivity index (χ1n) is 8.58. The molecule has 0 atom stereocenters. The number of hydrogen-bond acceptors (Lipinski definition) is 5. The molecule has 1 heterocycles. The van der Waals surface area contributed by atoms with Gasteiger partial charge >= 0.3 is 0 Å². The Morgan fingerprint density at radius 1 is 1.17 bits per heavy atom. The molecule has 2 aromatic carbocycles. The number of anilines is 2. The van der Waals surface area contributed by atoms with Gasteiger partial charge < -0.3 is 10.1 Å². The lowest BCUT2D eigenvalue weighted by Crippen LogP contribution is -2.38. The van der Waals surface area contributed by atoms with Crippen molar-refractivity contribution in [1.82, 2.24) is 0 Å². The monoisotopic (exact) mass is 434 g/mol. The van der Waals surface area contributed by atoms with E-state index in [0.29, 0.717) is 11.3 Å². The van der Waals surface area contributed by atoms with Crippen molar-refractivity contribution in [3.05, 3.63) is 71.4 Å². The normalized spacial score (nSPS) is 11.1. The van der Waals surface area contributed by atoms with Gasteiger partial charge in [0.25, 0.3) is 10.0 Å². The van der Waals surface area contributed by atoms with Crippen LogP contribution < -0.4 is 14.4 Å². The first-order valence-corrected chi connectivity index (χ1v) is 10.9. The molecule has 0 aliphatic rings. The van der Waals surface area contributed by atoms with E-state index in [0.717, 1.165) is 15.6 Å². The second-order valence-corrected chi connectivity index (χ2v) is 9.18. The van der Waals surface area contributed by atoms with Crippen LogP contribution in [-0.2, 0) is 14.8 Å². The van der Waals surface area contributed by atoms with Crippen LogP contribution in [0.15, 0.2) is 64.2 Å². The molecule has 0 aliphatic carbocycles. The van der Waals surface area contributed by atoms with E-state index in [1.54, 1.807) is 48.7 Å². The standard InChI is InChI=1S/C20H19FN2O4S2/c1-14-9-10-16(15(21)12-14)22-19(24)13-23(17-6-3-4-7-18(17)27-2)29(25,26)20-8-5-11-28-20/h3-12H,13H2,1-2H3,(H,22,24). The van der Waals surface area contributed by atoms with Crippen molar-refractivity contribution < 1.29 is 22.3 Å². The molecule has 0 saturated heterocycles. The van der Waals surface area contributed by atoms with Gasteiger partial charge in [-0.15, -0.1) is 11.3 Å². The Hall–Kier alpha value is -2.91. The third-order valence-electron chi connectivity index (χ3n) is 4.08. The maximum atomic E-state index is 14.1. The molecule has 9 heteroatoms. The predicted octanol–water partition coefficient (Wildman–Crippen LogP) is 4.04. The van der Waals surface area contributed by atoms with Crippen LogP contribution >= 0.6 is 11.3 Å². The highest BCUT2D eigenvalue weighted by molar-refractivity contribution is 7.94. The Kier molecular flexibility index (Phi) is 6.19. The minimum Gasteiger partial charge on any atom is -0.495 e. The van der Waals surface area contributed by atoms with Gasteiger partial charge in [0.15, 0.2) is 0 Å². The van der Waals surface area contributed by atoms with E-state index in [2.05, 4.69) is 5.32 Å². The van der Waals surface area contributed by atoms with Crippen molar-refractivity contribution in [2.75, 3.05) is 23.3 Å². The molecule has 3 aromatic rings. The number of amides is 1. The zero-order valence-electron chi connectivity index (χ0n) is 15.8. The highest BCUT2D eigenvalue weighted by Crippen LogP contribution is 2.33. The smallest absolute Gasteiger partial charge is 0.274 e. The van der Waals surface area contributed by atoms with Crippen LogP contribution in [0, 0.1) is 12.7 Å². The second kappa shape index (κ2) is 8.62. The number of nitrogens with zero attached hydrogens (tertiary/aromatic N) is 1. The van der Waals surface area contributed by atoms with Crippen LogP contribution in [0.1, 0.15) is 5.56 Å². The van der Waals surface area contributed by atoms with E-state index >= 15 is 0 Å². The second-order valence-electron chi connectivity index (χ2n) is 6.15. The van der Waals surface area contributed by atoms with Gasteiger partial charge in [0, 0.05) is 0 Å². The molecule has 152 valence electrons. The van der Waals surface area contributed by atoms with E-state index in [1.165, 1.54) is 25.3 Å². The number of halogens is 1. The fraction of sp³-hybridized carbons (Fsp3) is 0.150. The summed E-state index contributed by atoms with van der Waals surface area (Å²) in [6.45, 7) is 1.18. The van der Waals surface area contributed by atoms with E-state index in [9.17, 15) is 17.6 Å². The zero-order valence-corrected chi connectivity index (χ0v) is 17.4. The Morgan fingerprint density at radius 3 is 2.59 bits per heavy atom. The third kappa shape index (κ3) is 4.57. The SMILES string of the molecule is COc1ccccc1N(CC(=O)Nc1ccc(C)cc1F)S(=O)(=O)c1cccs1. The van der Waals surface area contributed by atoms with E-state index < -0.39 is 28.3 Å². The zero-order chi connectivity index (χ0) is 21.0. The molecule has 0 unspecified atom stereocenters. The van der Waals surface area contributed by atoms with Crippen molar-refractivity contribution in [3.63, 3.8) is 0 Å². The summed E-state index contributed by atoms with van der Waals surface area (Å²) in [5, 5.41) is 4.07. The average molecular weight is 435 g/mol. The summed E-state index contributed by atoms with van der Waals surface area (Å²) in [7, 11) is -2.62. The topological polar surface area (TPSA) is 75.7 Å². The molecule has 0 radical (unpaired) electrons. The third-order valence-corrected chi connectivity index (χ3v) is 7.21. The number of aryl methyl sites for hydroxylation is 1. The highest BCUT2D eigenvalue weighted by Gasteiger charge is 2.30. The number of nitrogens with one attached hydrogen (secondary N) is 1. The van der Waals surface area contributed by atoms with Gasteiger partial charge in [0.2, 0.25) is 5.91 Å². The van der Waals surface area contributed by atoms with Gasteiger partial charge in [-0.1, -0.05) is 24.3 Å². The molecule has 6 nitrogen and oxygen atoms in total. The van der Waals surface area contributed by atoms with Gasteiger partial charge in [0.1, 0.15) is 22.3 Å². The summed E-state index contributed by atoms with van der Waals surface area (Å²) in [5.41, 5.74) is 0.897. The van der Waals surface area contributed by atoms with Gasteiger partial charge in [-0.2, -0.15) is 0 Å². The van der Waals surface area contributed by atoms with Crippen molar-refractivity contribution >= 4 is 38.6 Å². The Bertz CT molecular complexity index is 1120. The van der Waals surface area contributed by atoms with Gasteiger partial charge in [-0.05, 0) is 48.2 Å². The molecule has 0 aliphatic heterocycles. The number of benzene rings is 2. The van der Waals surface area contributed by atoms with Crippen molar-refractivity contribution in [2.45, 2.75) is 11.1 Å². The van der Waals surface area contributed by atoms with Crippen LogP contribution in [0.3, 0.4) is 0 Å². The molecule has 1 amide bonds. The number of carbonyl (C=O) groups is 1. The Labute approximate surface area is 172 Å². The fourth-order valence-electron chi connectivity index (χ4n) is 2.70. The first-order chi connectivity index (χ1) is 13.8. The van der Waals surface area contributed by atoms with Crippen LogP contribution in [0.4, 0.5) is 15.8 Å². The van der Waals surface area contributed by atoms with E-state index in [4.69, 9.17) is 4.74 Å².